The van der Waals surface area contributed by atoms with Crippen molar-refractivity contribution < 1.29 is 18.7 Å². The van der Waals surface area contributed by atoms with Crippen molar-refractivity contribution in [3.05, 3.63) is 45.6 Å². The van der Waals surface area contributed by atoms with E-state index in [9.17, 15) is 14.7 Å². The molecule has 2 atom stereocenters. The average Bonchev–Trinajstić information content (AvgIpc) is 2.46. The molecular formula is C14H20NO5P. The first-order chi connectivity index (χ1) is 9.93. The van der Waals surface area contributed by atoms with Crippen LogP contribution in [0.5, 0.6) is 5.75 Å². The van der Waals surface area contributed by atoms with E-state index in [0.717, 1.165) is 5.56 Å². The Labute approximate surface area is 124 Å². The zero-order valence-electron chi connectivity index (χ0n) is 12.4. The maximum Gasteiger partial charge on any atom is 0.243 e. The van der Waals surface area contributed by atoms with Gasteiger partial charge in [-0.05, 0) is 24.6 Å². The molecule has 6 nitrogen and oxygen atoms in total. The summed E-state index contributed by atoms with van der Waals surface area (Å²) in [6.07, 6.45) is 1.49. The molecule has 0 aliphatic heterocycles. The van der Waals surface area contributed by atoms with E-state index in [2.05, 4.69) is 0 Å². The highest BCUT2D eigenvalue weighted by molar-refractivity contribution is 7.40. The van der Waals surface area contributed by atoms with Crippen molar-refractivity contribution >= 4 is 14.1 Å². The molecule has 0 amide bonds. The standard InChI is InChI=1S/C14H20NO5P/c1-4-20-21(18)12(3)10-19-14-7-5-13(6-8-14)9-11(2)15(16)17/h5-9,12,21H,4,10H2,1-3H3. The quantitative estimate of drug-likeness (QED) is 0.416. The smallest absolute Gasteiger partial charge is 0.243 e. The van der Waals surface area contributed by atoms with Gasteiger partial charge < -0.3 is 9.26 Å². The van der Waals surface area contributed by atoms with E-state index in [4.69, 9.17) is 9.26 Å². The van der Waals surface area contributed by atoms with Gasteiger partial charge >= 0.3 is 0 Å². The molecule has 116 valence electrons. The van der Waals surface area contributed by atoms with Crippen molar-refractivity contribution in [2.75, 3.05) is 13.2 Å². The second-order valence-electron chi connectivity index (χ2n) is 4.58. The number of allylic oxidation sites excluding steroid dienone is 1. The van der Waals surface area contributed by atoms with Crippen molar-refractivity contribution in [3.63, 3.8) is 0 Å². The molecular weight excluding hydrogens is 293 g/mol. The molecule has 1 aromatic carbocycles. The van der Waals surface area contributed by atoms with Crippen LogP contribution in [-0.2, 0) is 9.09 Å². The minimum absolute atomic E-state index is 0.0765. The predicted octanol–water partition coefficient (Wildman–Crippen LogP) is 3.60. The Kier molecular flexibility index (Phi) is 7.12. The summed E-state index contributed by atoms with van der Waals surface area (Å²) < 4.78 is 22.2. The largest absolute Gasteiger partial charge is 0.493 e. The highest BCUT2D eigenvalue weighted by Crippen LogP contribution is 2.29. The molecule has 0 aromatic heterocycles. The van der Waals surface area contributed by atoms with Crippen LogP contribution in [0.25, 0.3) is 6.08 Å². The molecule has 21 heavy (non-hydrogen) atoms. The number of ether oxygens (including phenoxy) is 1. The number of hydrogen-bond donors (Lipinski definition) is 0. The molecule has 0 saturated carbocycles. The Bertz CT molecular complexity index is 527. The SMILES string of the molecule is CCO[PH](=O)C(C)COc1ccc(C=C(C)[N+](=O)[O-])cc1. The van der Waals surface area contributed by atoms with Crippen molar-refractivity contribution in [2.24, 2.45) is 0 Å². The third-order valence-electron chi connectivity index (χ3n) is 2.73. The van der Waals surface area contributed by atoms with Crippen LogP contribution in [0.3, 0.4) is 0 Å². The van der Waals surface area contributed by atoms with E-state index < -0.39 is 13.0 Å². The maximum absolute atomic E-state index is 11.6. The Morgan fingerprint density at radius 3 is 2.57 bits per heavy atom. The number of rotatable bonds is 8. The van der Waals surface area contributed by atoms with Gasteiger partial charge in [0.25, 0.3) is 0 Å². The Morgan fingerprint density at radius 1 is 1.43 bits per heavy atom. The van der Waals surface area contributed by atoms with Crippen molar-refractivity contribution in [3.8, 4) is 5.75 Å². The molecule has 0 saturated heterocycles. The van der Waals surface area contributed by atoms with E-state index in [1.807, 2.05) is 6.92 Å². The first-order valence-corrected chi connectivity index (χ1v) is 8.05. The molecule has 0 heterocycles. The third kappa shape index (κ3) is 6.10. The maximum atomic E-state index is 11.6. The van der Waals surface area contributed by atoms with Gasteiger partial charge in [-0.3, -0.25) is 14.7 Å². The zero-order valence-corrected chi connectivity index (χ0v) is 13.4. The summed E-state index contributed by atoms with van der Waals surface area (Å²) in [4.78, 5) is 10.1. The van der Waals surface area contributed by atoms with Gasteiger partial charge in [0, 0.05) is 13.0 Å². The van der Waals surface area contributed by atoms with Gasteiger partial charge in [0.05, 0.1) is 23.8 Å². The fourth-order valence-corrected chi connectivity index (χ4v) is 2.32. The molecule has 0 fully saturated rings. The van der Waals surface area contributed by atoms with E-state index in [1.165, 1.54) is 13.0 Å². The van der Waals surface area contributed by atoms with E-state index in [1.54, 1.807) is 31.2 Å². The lowest BCUT2D eigenvalue weighted by Crippen LogP contribution is -2.11. The topological polar surface area (TPSA) is 78.7 Å². The molecule has 0 radical (unpaired) electrons. The number of hydrogen-bond acceptors (Lipinski definition) is 5. The molecule has 1 rings (SSSR count). The van der Waals surface area contributed by atoms with Crippen molar-refractivity contribution in [1.29, 1.82) is 0 Å². The minimum atomic E-state index is -2.08. The van der Waals surface area contributed by atoms with Crippen molar-refractivity contribution in [1.82, 2.24) is 0 Å². The van der Waals surface area contributed by atoms with Gasteiger partial charge in [0.15, 0.2) is 8.03 Å². The first kappa shape index (κ1) is 17.4. The lowest BCUT2D eigenvalue weighted by molar-refractivity contribution is -0.422. The van der Waals surface area contributed by atoms with Crippen LogP contribution >= 0.6 is 8.03 Å². The number of nitro groups is 1. The van der Waals surface area contributed by atoms with Crippen LogP contribution in [0.15, 0.2) is 30.0 Å². The van der Waals surface area contributed by atoms with Crippen LogP contribution in [0.1, 0.15) is 26.3 Å². The Morgan fingerprint density at radius 2 is 2.05 bits per heavy atom. The van der Waals surface area contributed by atoms with Crippen LogP contribution in [0.4, 0.5) is 0 Å². The minimum Gasteiger partial charge on any atom is -0.493 e. The van der Waals surface area contributed by atoms with E-state index in [0.29, 0.717) is 19.0 Å². The lowest BCUT2D eigenvalue weighted by atomic mass is 10.2. The van der Waals surface area contributed by atoms with Gasteiger partial charge in [-0.1, -0.05) is 19.1 Å². The summed E-state index contributed by atoms with van der Waals surface area (Å²) in [5, 5.41) is 10.5. The zero-order chi connectivity index (χ0) is 15.8. The molecule has 0 N–H and O–H groups in total. The molecule has 1 aromatic rings. The van der Waals surface area contributed by atoms with E-state index in [-0.39, 0.29) is 11.4 Å². The summed E-state index contributed by atoms with van der Waals surface area (Å²) in [7, 11) is -2.08. The molecule has 0 bridgehead atoms. The summed E-state index contributed by atoms with van der Waals surface area (Å²) in [6, 6.07) is 6.92. The fourth-order valence-electron chi connectivity index (χ4n) is 1.53. The van der Waals surface area contributed by atoms with E-state index >= 15 is 0 Å². The summed E-state index contributed by atoms with van der Waals surface area (Å²) in [6.45, 7) is 5.79. The van der Waals surface area contributed by atoms with Crippen LogP contribution in [0, 0.1) is 10.1 Å². The highest BCUT2D eigenvalue weighted by Gasteiger charge is 2.11. The normalized spacial score (nSPS) is 14.5. The summed E-state index contributed by atoms with van der Waals surface area (Å²) in [5.41, 5.74) is 0.645. The average molecular weight is 313 g/mol. The van der Waals surface area contributed by atoms with Gasteiger partial charge in [-0.2, -0.15) is 0 Å². The van der Waals surface area contributed by atoms with Gasteiger partial charge in [0.1, 0.15) is 5.75 Å². The van der Waals surface area contributed by atoms with Crippen LogP contribution in [0.2, 0.25) is 0 Å². The predicted molar refractivity (Wildman–Crippen MR) is 82.7 cm³/mol. The summed E-state index contributed by atoms with van der Waals surface area (Å²) >= 11 is 0. The second-order valence-corrected chi connectivity index (χ2v) is 6.49. The summed E-state index contributed by atoms with van der Waals surface area (Å²) in [5.74, 6) is 0.629. The second kappa shape index (κ2) is 8.60. The van der Waals surface area contributed by atoms with Gasteiger partial charge in [0.2, 0.25) is 5.70 Å². The molecule has 0 aliphatic carbocycles. The van der Waals surface area contributed by atoms with Crippen LogP contribution < -0.4 is 4.74 Å². The van der Waals surface area contributed by atoms with Gasteiger partial charge in [-0.15, -0.1) is 0 Å². The van der Waals surface area contributed by atoms with Crippen LogP contribution in [-0.4, -0.2) is 23.8 Å². The number of nitrogens with zero attached hydrogens (tertiary/aromatic N) is 1. The molecule has 0 aliphatic rings. The molecule has 2 unspecified atom stereocenters. The first-order valence-electron chi connectivity index (χ1n) is 6.66. The lowest BCUT2D eigenvalue weighted by Gasteiger charge is -2.12. The van der Waals surface area contributed by atoms with Crippen molar-refractivity contribution in [2.45, 2.75) is 26.4 Å². The monoisotopic (exact) mass is 313 g/mol. The number of benzene rings is 1. The Hall–Kier alpha value is -1.65. The third-order valence-corrected chi connectivity index (χ3v) is 4.28. The highest BCUT2D eigenvalue weighted by atomic mass is 31.1. The molecule has 0 spiro atoms. The molecule has 7 heteroatoms. The van der Waals surface area contributed by atoms with Gasteiger partial charge in [-0.25, -0.2) is 0 Å². The fraction of sp³-hybridized carbons (Fsp3) is 0.429. The Balaban J connectivity index is 2.57.